The van der Waals surface area contributed by atoms with Gasteiger partial charge in [0.25, 0.3) is 5.69 Å². The van der Waals surface area contributed by atoms with E-state index in [1.54, 1.807) is 45.7 Å². The first-order valence-corrected chi connectivity index (χ1v) is 15.4. The molecular formula is C26H35ClN7O5P. The summed E-state index contributed by atoms with van der Waals surface area (Å²) in [5, 5.41) is 19.1. The number of nitrogens with zero attached hydrogens (tertiary/aromatic N) is 5. The number of halogens is 1. The Morgan fingerprint density at radius 3 is 2.45 bits per heavy atom. The van der Waals surface area contributed by atoms with Gasteiger partial charge >= 0.3 is 0 Å². The molecule has 0 saturated heterocycles. The fourth-order valence-electron chi connectivity index (χ4n) is 3.89. The summed E-state index contributed by atoms with van der Waals surface area (Å²) < 4.78 is 23.4. The number of anilines is 5. The van der Waals surface area contributed by atoms with Crippen molar-refractivity contribution in [1.29, 1.82) is 0 Å². The van der Waals surface area contributed by atoms with E-state index in [-0.39, 0.29) is 22.5 Å². The Kier molecular flexibility index (Phi) is 10.7. The van der Waals surface area contributed by atoms with E-state index in [2.05, 4.69) is 25.5 Å². The van der Waals surface area contributed by atoms with Gasteiger partial charge < -0.3 is 34.5 Å². The molecule has 12 nitrogen and oxygen atoms in total. The molecule has 0 amide bonds. The van der Waals surface area contributed by atoms with Crippen LogP contribution in [-0.4, -0.2) is 87.7 Å². The normalized spacial score (nSPS) is 11.4. The Balaban J connectivity index is 1.90. The van der Waals surface area contributed by atoms with Crippen molar-refractivity contribution in [2.75, 3.05) is 83.4 Å². The van der Waals surface area contributed by atoms with Crippen LogP contribution in [0.2, 0.25) is 5.02 Å². The second-order valence-electron chi connectivity index (χ2n) is 9.52. The van der Waals surface area contributed by atoms with Gasteiger partial charge in [0, 0.05) is 51.2 Å². The van der Waals surface area contributed by atoms with Crippen LogP contribution in [-0.2, 0) is 9.30 Å². The molecule has 2 aromatic carbocycles. The zero-order valence-electron chi connectivity index (χ0n) is 23.5. The Hall–Kier alpha value is -3.44. The zero-order valence-corrected chi connectivity index (χ0v) is 25.1. The number of hydrogen-bond acceptors (Lipinski definition) is 11. The lowest BCUT2D eigenvalue weighted by Gasteiger charge is -2.24. The minimum absolute atomic E-state index is 0.103. The van der Waals surface area contributed by atoms with E-state index in [0.717, 1.165) is 6.54 Å². The molecule has 0 unspecified atom stereocenters. The van der Waals surface area contributed by atoms with Crippen molar-refractivity contribution in [3.63, 3.8) is 0 Å². The molecule has 2 N–H and O–H groups in total. The number of benzene rings is 2. The fourth-order valence-corrected chi connectivity index (χ4v) is 5.18. The van der Waals surface area contributed by atoms with Crippen molar-refractivity contribution in [2.24, 2.45) is 0 Å². The van der Waals surface area contributed by atoms with Gasteiger partial charge in [0.05, 0.1) is 36.2 Å². The van der Waals surface area contributed by atoms with E-state index in [9.17, 15) is 14.7 Å². The first kappa shape index (κ1) is 31.1. The number of nitro groups is 1. The number of hydrogen-bond donors (Lipinski definition) is 2. The summed E-state index contributed by atoms with van der Waals surface area (Å²) in [6.45, 7) is 5.95. The molecule has 1 heterocycles. The second-order valence-corrected chi connectivity index (χ2v) is 13.1. The maximum atomic E-state index is 12.8. The predicted octanol–water partition coefficient (Wildman–Crippen LogP) is 4.80. The summed E-state index contributed by atoms with van der Waals surface area (Å²) in [6, 6.07) is 10.2. The van der Waals surface area contributed by atoms with Crippen molar-refractivity contribution in [3.05, 3.63) is 57.7 Å². The maximum absolute atomic E-state index is 12.8. The van der Waals surface area contributed by atoms with Gasteiger partial charge in [0.1, 0.15) is 23.6 Å². The van der Waals surface area contributed by atoms with E-state index in [0.29, 0.717) is 47.8 Å². The summed E-state index contributed by atoms with van der Waals surface area (Å²) in [4.78, 5) is 24.2. The van der Waals surface area contributed by atoms with Crippen LogP contribution in [0.25, 0.3) is 0 Å². The topological polar surface area (TPSA) is 135 Å². The molecule has 216 valence electrons. The number of nitro benzene ring substituents is 1. The summed E-state index contributed by atoms with van der Waals surface area (Å²) in [5.41, 5.74) is 1.22. The molecule has 1 aromatic heterocycles. The molecule has 40 heavy (non-hydrogen) atoms. The number of aromatic nitrogens is 2. The van der Waals surface area contributed by atoms with Gasteiger partial charge in [-0.2, -0.15) is 4.98 Å². The number of likely N-dealkylation sites (N-methyl/N-ethyl adjacent to an activating group) is 2. The highest BCUT2D eigenvalue weighted by Crippen LogP contribution is 2.40. The van der Waals surface area contributed by atoms with E-state index >= 15 is 0 Å². The van der Waals surface area contributed by atoms with E-state index in [1.807, 2.05) is 24.1 Å². The number of ether oxygens (including phenoxy) is 2. The third kappa shape index (κ3) is 8.04. The van der Waals surface area contributed by atoms with Crippen LogP contribution in [0.5, 0.6) is 5.75 Å². The summed E-state index contributed by atoms with van der Waals surface area (Å²) in [7, 11) is 4.30. The predicted molar refractivity (Wildman–Crippen MR) is 161 cm³/mol. The van der Waals surface area contributed by atoms with Crippen LogP contribution in [0.1, 0.15) is 0 Å². The molecule has 3 aromatic rings. The molecule has 0 fully saturated rings. The Labute approximate surface area is 239 Å². The van der Waals surface area contributed by atoms with Crippen LogP contribution in [0.4, 0.5) is 34.5 Å². The minimum atomic E-state index is -2.59. The standard InChI is InChI=1S/C26H35ClN7O5P/c1-32(13-14-38-3)11-12-33(2)21-16-23(39-4)20(15-22(21)34(35)36)30-26-28-17-18(27)25(31-26)29-19-9-7-8-10-24(19)40(5,6)37/h7-10,15-17H,11-14H2,1-6H3,(H2,28,29,30,31). The first-order chi connectivity index (χ1) is 18.9. The average molecular weight is 592 g/mol. The van der Waals surface area contributed by atoms with Gasteiger partial charge in [-0.1, -0.05) is 23.7 Å². The number of nitrogens with one attached hydrogen (secondary N) is 2. The highest BCUT2D eigenvalue weighted by molar-refractivity contribution is 7.70. The van der Waals surface area contributed by atoms with Crippen LogP contribution >= 0.6 is 18.7 Å². The van der Waals surface area contributed by atoms with Gasteiger partial charge in [-0.05, 0) is 32.5 Å². The lowest BCUT2D eigenvalue weighted by atomic mass is 10.2. The van der Waals surface area contributed by atoms with Crippen LogP contribution < -0.4 is 25.6 Å². The smallest absolute Gasteiger partial charge is 0.294 e. The molecule has 0 bridgehead atoms. The lowest BCUT2D eigenvalue weighted by molar-refractivity contribution is -0.384. The Morgan fingerprint density at radius 1 is 1.07 bits per heavy atom. The highest BCUT2D eigenvalue weighted by atomic mass is 35.5. The number of rotatable bonds is 14. The average Bonchev–Trinajstić information content (AvgIpc) is 2.91. The third-order valence-corrected chi connectivity index (χ3v) is 7.95. The van der Waals surface area contributed by atoms with Gasteiger partial charge in [-0.15, -0.1) is 0 Å². The summed E-state index contributed by atoms with van der Waals surface area (Å²) in [5.74, 6) is 0.785. The minimum Gasteiger partial charge on any atom is -0.494 e. The Morgan fingerprint density at radius 2 is 1.80 bits per heavy atom. The van der Waals surface area contributed by atoms with E-state index < -0.39 is 12.1 Å². The number of methoxy groups -OCH3 is 2. The van der Waals surface area contributed by atoms with Gasteiger partial charge in [0.2, 0.25) is 5.95 Å². The molecule has 3 rings (SSSR count). The van der Waals surface area contributed by atoms with Crippen LogP contribution in [0.3, 0.4) is 0 Å². The molecule has 0 aliphatic rings. The van der Waals surface area contributed by atoms with Crippen molar-refractivity contribution < 1.29 is 19.0 Å². The zero-order chi connectivity index (χ0) is 29.4. The molecule has 0 saturated carbocycles. The quantitative estimate of drug-likeness (QED) is 0.152. The van der Waals surface area contributed by atoms with Crippen molar-refractivity contribution in [2.45, 2.75) is 0 Å². The highest BCUT2D eigenvalue weighted by Gasteiger charge is 2.23. The van der Waals surface area contributed by atoms with E-state index in [1.165, 1.54) is 19.4 Å². The summed E-state index contributed by atoms with van der Waals surface area (Å²) in [6.07, 6.45) is 1.41. The lowest BCUT2D eigenvalue weighted by Crippen LogP contribution is -2.32. The monoisotopic (exact) mass is 591 g/mol. The van der Waals surface area contributed by atoms with Crippen molar-refractivity contribution in [3.8, 4) is 5.75 Å². The third-order valence-electron chi connectivity index (χ3n) is 6.13. The molecule has 0 aliphatic heterocycles. The SMILES string of the molecule is COCCN(C)CCN(C)c1cc(OC)c(Nc2ncc(Cl)c(Nc3ccccc3P(C)(C)=O)n2)cc1[N+](=O)[O-]. The first-order valence-electron chi connectivity index (χ1n) is 12.4. The molecule has 0 aliphatic carbocycles. The maximum Gasteiger partial charge on any atom is 0.294 e. The molecule has 0 spiro atoms. The summed E-state index contributed by atoms with van der Waals surface area (Å²) >= 11 is 6.36. The molecule has 14 heteroatoms. The van der Waals surface area contributed by atoms with Gasteiger partial charge in [-0.3, -0.25) is 10.1 Å². The second kappa shape index (κ2) is 13.8. The van der Waals surface area contributed by atoms with Crippen molar-refractivity contribution in [1.82, 2.24) is 14.9 Å². The van der Waals surface area contributed by atoms with Crippen LogP contribution in [0.15, 0.2) is 42.6 Å². The van der Waals surface area contributed by atoms with E-state index in [4.69, 9.17) is 21.1 Å². The van der Waals surface area contributed by atoms with Gasteiger partial charge in [0.15, 0.2) is 5.82 Å². The Bertz CT molecular complexity index is 1390. The fraction of sp³-hybridized carbons (Fsp3) is 0.385. The molecule has 0 radical (unpaired) electrons. The van der Waals surface area contributed by atoms with Crippen LogP contribution in [0, 0.1) is 10.1 Å². The van der Waals surface area contributed by atoms with Gasteiger partial charge in [-0.25, -0.2) is 4.98 Å². The molecular weight excluding hydrogens is 557 g/mol. The number of para-hydroxylation sites is 1. The van der Waals surface area contributed by atoms with Crippen molar-refractivity contribution >= 4 is 58.6 Å². The largest absolute Gasteiger partial charge is 0.494 e. The molecule has 0 atom stereocenters.